The molecule has 0 bridgehead atoms. The van der Waals surface area contributed by atoms with Gasteiger partial charge in [0.05, 0.1) is 26.3 Å². The Balaban J connectivity index is 1.63. The van der Waals surface area contributed by atoms with Crippen LogP contribution >= 0.6 is 11.3 Å². The summed E-state index contributed by atoms with van der Waals surface area (Å²) in [7, 11) is 3.16. The van der Waals surface area contributed by atoms with Crippen LogP contribution in [0.15, 0.2) is 28.0 Å². The molecule has 0 saturated carbocycles. The van der Waals surface area contributed by atoms with Crippen LogP contribution in [-0.2, 0) is 22.6 Å². The lowest BCUT2D eigenvalue weighted by molar-refractivity contribution is -0.144. The molecule has 2 heterocycles. The van der Waals surface area contributed by atoms with E-state index in [2.05, 4.69) is 15.2 Å². The average Bonchev–Trinajstić information content (AvgIpc) is 3.28. The zero-order chi connectivity index (χ0) is 18.5. The fourth-order valence-corrected chi connectivity index (χ4v) is 3.04. The zero-order valence-electron chi connectivity index (χ0n) is 14.5. The van der Waals surface area contributed by atoms with Crippen LogP contribution in [0.4, 0.5) is 0 Å². The van der Waals surface area contributed by atoms with Gasteiger partial charge in [-0.2, -0.15) is 0 Å². The molecule has 0 aliphatic heterocycles. The maximum absolute atomic E-state index is 11.9. The first kappa shape index (κ1) is 17.9. The Hall–Kier alpha value is -2.94. The molecule has 9 heteroatoms. The number of carbonyl (C=O) groups excluding carboxylic acids is 1. The fourth-order valence-electron chi connectivity index (χ4n) is 2.23. The molecule has 0 spiro atoms. The lowest BCUT2D eigenvalue weighted by Crippen LogP contribution is -2.08. The molecular formula is C17H17N3O5S. The second-order valence-electron chi connectivity index (χ2n) is 5.27. The summed E-state index contributed by atoms with van der Waals surface area (Å²) >= 11 is 1.44. The van der Waals surface area contributed by atoms with Crippen molar-refractivity contribution in [3.63, 3.8) is 0 Å². The lowest BCUT2D eigenvalue weighted by atomic mass is 10.2. The third-order valence-electron chi connectivity index (χ3n) is 3.43. The van der Waals surface area contributed by atoms with Crippen molar-refractivity contribution in [3.8, 4) is 22.1 Å². The van der Waals surface area contributed by atoms with E-state index >= 15 is 0 Å². The van der Waals surface area contributed by atoms with Crippen molar-refractivity contribution in [1.29, 1.82) is 0 Å². The molecule has 3 aromatic rings. The van der Waals surface area contributed by atoms with Crippen molar-refractivity contribution in [2.75, 3.05) is 14.2 Å². The largest absolute Gasteiger partial charge is 0.493 e. The SMILES string of the molecule is COc1ccc(-c2nc(CC(=O)OCc3nnc(C)o3)cs2)cc1OC. The van der Waals surface area contributed by atoms with Crippen LogP contribution in [0.1, 0.15) is 17.5 Å². The summed E-state index contributed by atoms with van der Waals surface area (Å²) in [5.74, 6) is 1.55. The molecule has 8 nitrogen and oxygen atoms in total. The van der Waals surface area contributed by atoms with Gasteiger partial charge in [0, 0.05) is 17.9 Å². The molecule has 0 fully saturated rings. The van der Waals surface area contributed by atoms with Crippen molar-refractivity contribution in [2.24, 2.45) is 0 Å². The number of hydrogen-bond acceptors (Lipinski definition) is 9. The highest BCUT2D eigenvalue weighted by molar-refractivity contribution is 7.13. The van der Waals surface area contributed by atoms with E-state index in [1.807, 2.05) is 23.6 Å². The van der Waals surface area contributed by atoms with Crippen LogP contribution in [0.2, 0.25) is 0 Å². The van der Waals surface area contributed by atoms with Crippen LogP contribution in [0, 0.1) is 6.92 Å². The Kier molecular flexibility index (Phi) is 5.47. The number of methoxy groups -OCH3 is 2. The maximum Gasteiger partial charge on any atom is 0.312 e. The molecule has 136 valence electrons. The third-order valence-corrected chi connectivity index (χ3v) is 4.37. The molecule has 0 N–H and O–H groups in total. The minimum atomic E-state index is -0.412. The Morgan fingerprint density at radius 3 is 2.69 bits per heavy atom. The number of esters is 1. The summed E-state index contributed by atoms with van der Waals surface area (Å²) in [5.41, 5.74) is 1.51. The molecule has 0 saturated heterocycles. The van der Waals surface area contributed by atoms with E-state index in [1.54, 1.807) is 21.1 Å². The van der Waals surface area contributed by atoms with Gasteiger partial charge in [-0.05, 0) is 18.2 Å². The van der Waals surface area contributed by atoms with E-state index in [9.17, 15) is 4.79 Å². The Morgan fingerprint density at radius 2 is 2.00 bits per heavy atom. The molecule has 0 unspecified atom stereocenters. The van der Waals surface area contributed by atoms with E-state index in [4.69, 9.17) is 18.6 Å². The standard InChI is InChI=1S/C17H17N3O5S/c1-10-19-20-15(25-10)8-24-16(21)7-12-9-26-17(18-12)11-4-5-13(22-2)14(6-11)23-3/h4-6,9H,7-8H2,1-3H3. The highest BCUT2D eigenvalue weighted by Gasteiger charge is 2.13. The van der Waals surface area contributed by atoms with E-state index in [-0.39, 0.29) is 18.9 Å². The van der Waals surface area contributed by atoms with Crippen LogP contribution in [0.5, 0.6) is 11.5 Å². The van der Waals surface area contributed by atoms with Gasteiger partial charge in [-0.25, -0.2) is 4.98 Å². The number of nitrogens with zero attached hydrogens (tertiary/aromatic N) is 3. The van der Waals surface area contributed by atoms with Gasteiger partial charge >= 0.3 is 5.97 Å². The predicted octanol–water partition coefficient (Wildman–Crippen LogP) is 2.80. The molecule has 2 aromatic heterocycles. The van der Waals surface area contributed by atoms with Gasteiger partial charge in [0.1, 0.15) is 5.01 Å². The average molecular weight is 375 g/mol. The highest BCUT2D eigenvalue weighted by Crippen LogP contribution is 2.33. The molecule has 0 radical (unpaired) electrons. The molecule has 0 aliphatic carbocycles. The Labute approximate surface area is 153 Å². The molecule has 26 heavy (non-hydrogen) atoms. The maximum atomic E-state index is 11.9. The normalized spacial score (nSPS) is 10.6. The van der Waals surface area contributed by atoms with E-state index < -0.39 is 5.97 Å². The molecule has 0 amide bonds. The van der Waals surface area contributed by atoms with Crippen molar-refractivity contribution < 1.29 is 23.4 Å². The fraction of sp³-hybridized carbons (Fsp3) is 0.294. The second kappa shape index (κ2) is 7.96. The van der Waals surface area contributed by atoms with Crippen LogP contribution in [-0.4, -0.2) is 35.4 Å². The Bertz CT molecular complexity index is 905. The summed E-state index contributed by atoms with van der Waals surface area (Å²) in [6.07, 6.45) is 0.0664. The summed E-state index contributed by atoms with van der Waals surface area (Å²) in [6.45, 7) is 1.62. The van der Waals surface area contributed by atoms with Gasteiger partial charge in [-0.15, -0.1) is 21.5 Å². The van der Waals surface area contributed by atoms with Gasteiger partial charge in [-0.3, -0.25) is 4.79 Å². The van der Waals surface area contributed by atoms with E-state index in [0.29, 0.717) is 23.1 Å². The van der Waals surface area contributed by atoms with Crippen LogP contribution in [0.25, 0.3) is 10.6 Å². The first-order chi connectivity index (χ1) is 12.6. The van der Waals surface area contributed by atoms with Crippen LogP contribution < -0.4 is 9.47 Å². The van der Waals surface area contributed by atoms with Gasteiger partial charge in [0.25, 0.3) is 5.89 Å². The molecule has 0 aliphatic rings. The molecular weight excluding hydrogens is 358 g/mol. The van der Waals surface area contributed by atoms with Gasteiger partial charge in [-0.1, -0.05) is 0 Å². The van der Waals surface area contributed by atoms with Gasteiger partial charge < -0.3 is 18.6 Å². The Morgan fingerprint density at radius 1 is 1.19 bits per heavy atom. The minimum absolute atomic E-state index is 0.0493. The first-order valence-corrected chi connectivity index (χ1v) is 8.58. The topological polar surface area (TPSA) is 96.6 Å². The number of carbonyl (C=O) groups is 1. The number of thiazole rings is 1. The summed E-state index contributed by atoms with van der Waals surface area (Å²) in [6, 6.07) is 5.55. The summed E-state index contributed by atoms with van der Waals surface area (Å²) < 4.78 is 20.8. The third kappa shape index (κ3) is 4.17. The smallest absolute Gasteiger partial charge is 0.312 e. The number of aryl methyl sites for hydroxylation is 1. The monoisotopic (exact) mass is 375 g/mol. The number of rotatable bonds is 7. The highest BCUT2D eigenvalue weighted by atomic mass is 32.1. The first-order valence-electron chi connectivity index (χ1n) is 7.70. The predicted molar refractivity (Wildman–Crippen MR) is 93.2 cm³/mol. The summed E-state index contributed by atoms with van der Waals surface area (Å²) in [5, 5.41) is 10.0. The number of ether oxygens (including phenoxy) is 3. The summed E-state index contributed by atoms with van der Waals surface area (Å²) in [4.78, 5) is 16.4. The van der Waals surface area contributed by atoms with Crippen molar-refractivity contribution in [2.45, 2.75) is 20.0 Å². The number of hydrogen-bond donors (Lipinski definition) is 0. The number of aromatic nitrogens is 3. The molecule has 0 atom stereocenters. The minimum Gasteiger partial charge on any atom is -0.493 e. The quantitative estimate of drug-likeness (QED) is 0.582. The molecule has 3 rings (SSSR count). The van der Waals surface area contributed by atoms with Crippen LogP contribution in [0.3, 0.4) is 0 Å². The van der Waals surface area contributed by atoms with Crippen molar-refractivity contribution >= 4 is 17.3 Å². The second-order valence-corrected chi connectivity index (χ2v) is 6.12. The van der Waals surface area contributed by atoms with E-state index in [1.165, 1.54) is 11.3 Å². The zero-order valence-corrected chi connectivity index (χ0v) is 15.3. The number of benzene rings is 1. The lowest BCUT2D eigenvalue weighted by Gasteiger charge is -2.08. The van der Waals surface area contributed by atoms with Gasteiger partial charge in [0.2, 0.25) is 5.89 Å². The van der Waals surface area contributed by atoms with Crippen molar-refractivity contribution in [1.82, 2.24) is 15.2 Å². The molecule has 1 aromatic carbocycles. The van der Waals surface area contributed by atoms with Gasteiger partial charge in [0.15, 0.2) is 18.1 Å². The van der Waals surface area contributed by atoms with Crippen molar-refractivity contribution in [3.05, 3.63) is 41.1 Å². The van der Waals surface area contributed by atoms with E-state index in [0.717, 1.165) is 10.6 Å².